The van der Waals surface area contributed by atoms with Gasteiger partial charge in [0.1, 0.15) is 0 Å². The summed E-state index contributed by atoms with van der Waals surface area (Å²) in [5.74, 6) is 4.02. The highest BCUT2D eigenvalue weighted by Crippen LogP contribution is 2.44. The molecule has 1 nitrogen and oxygen atoms in total. The molecule has 0 bridgehead atoms. The zero-order valence-electron chi connectivity index (χ0n) is 10.9. The molecule has 0 aromatic rings. The van der Waals surface area contributed by atoms with Crippen molar-refractivity contribution in [3.05, 3.63) is 0 Å². The molecule has 1 aliphatic heterocycles. The van der Waals surface area contributed by atoms with Crippen molar-refractivity contribution in [2.75, 3.05) is 13.1 Å². The van der Waals surface area contributed by atoms with E-state index in [2.05, 4.69) is 32.6 Å². The zero-order chi connectivity index (χ0) is 11.0. The van der Waals surface area contributed by atoms with E-state index in [0.29, 0.717) is 0 Å². The van der Waals surface area contributed by atoms with Gasteiger partial charge >= 0.3 is 0 Å². The van der Waals surface area contributed by atoms with Gasteiger partial charge in [0.05, 0.1) is 0 Å². The highest BCUT2D eigenvalue weighted by Gasteiger charge is 2.41. The van der Waals surface area contributed by atoms with Crippen molar-refractivity contribution in [1.29, 1.82) is 0 Å². The standard InChI is InChI=1S/C14H27N/c1-10(2)5-12-6-13-8-15(11(3)4)9-14(13)7-12/h10-14H,5-9H2,1-4H3. The van der Waals surface area contributed by atoms with Crippen LogP contribution in [0.25, 0.3) is 0 Å². The predicted octanol–water partition coefficient (Wildman–Crippen LogP) is 3.40. The van der Waals surface area contributed by atoms with E-state index in [9.17, 15) is 0 Å². The first kappa shape index (κ1) is 11.4. The van der Waals surface area contributed by atoms with E-state index in [1.807, 2.05) is 0 Å². The summed E-state index contributed by atoms with van der Waals surface area (Å²) in [5, 5.41) is 0. The Labute approximate surface area is 95.2 Å². The molecule has 2 aliphatic rings. The highest BCUT2D eigenvalue weighted by molar-refractivity contribution is 4.93. The number of hydrogen-bond donors (Lipinski definition) is 0. The Bertz CT molecular complexity index is 195. The Balaban J connectivity index is 1.83. The molecule has 2 unspecified atom stereocenters. The van der Waals surface area contributed by atoms with Gasteiger partial charge in [-0.3, -0.25) is 0 Å². The van der Waals surface area contributed by atoms with E-state index in [1.165, 1.54) is 32.4 Å². The lowest BCUT2D eigenvalue weighted by Gasteiger charge is -2.22. The van der Waals surface area contributed by atoms with Crippen molar-refractivity contribution < 1.29 is 0 Å². The van der Waals surface area contributed by atoms with Crippen LogP contribution in [-0.4, -0.2) is 24.0 Å². The van der Waals surface area contributed by atoms with E-state index in [1.54, 1.807) is 0 Å². The van der Waals surface area contributed by atoms with Crippen molar-refractivity contribution in [1.82, 2.24) is 4.90 Å². The first-order valence-corrected chi connectivity index (χ1v) is 6.80. The number of fused-ring (bicyclic) bond motifs is 1. The third-order valence-corrected chi connectivity index (χ3v) is 4.41. The van der Waals surface area contributed by atoms with E-state index >= 15 is 0 Å². The van der Waals surface area contributed by atoms with E-state index in [-0.39, 0.29) is 0 Å². The molecule has 0 N–H and O–H groups in total. The summed E-state index contributed by atoms with van der Waals surface area (Å²) in [4.78, 5) is 2.68. The molecule has 2 fully saturated rings. The minimum atomic E-state index is 0.763. The molecule has 0 spiro atoms. The third kappa shape index (κ3) is 2.55. The minimum Gasteiger partial charge on any atom is -0.300 e. The summed E-state index contributed by atoms with van der Waals surface area (Å²) in [5.41, 5.74) is 0. The van der Waals surface area contributed by atoms with Crippen molar-refractivity contribution >= 4 is 0 Å². The minimum absolute atomic E-state index is 0.763. The van der Waals surface area contributed by atoms with Gasteiger partial charge in [-0.05, 0) is 56.8 Å². The van der Waals surface area contributed by atoms with Gasteiger partial charge in [-0.25, -0.2) is 0 Å². The molecular formula is C14H27N. The lowest BCUT2D eigenvalue weighted by atomic mass is 9.94. The van der Waals surface area contributed by atoms with Crippen LogP contribution in [0.5, 0.6) is 0 Å². The molecule has 1 heteroatoms. The second kappa shape index (κ2) is 4.45. The van der Waals surface area contributed by atoms with E-state index in [0.717, 1.165) is 29.7 Å². The number of likely N-dealkylation sites (tertiary alicyclic amines) is 1. The van der Waals surface area contributed by atoms with Crippen molar-refractivity contribution in [2.24, 2.45) is 23.7 Å². The van der Waals surface area contributed by atoms with Crippen molar-refractivity contribution in [3.63, 3.8) is 0 Å². The Morgan fingerprint density at radius 1 is 1.00 bits per heavy atom. The van der Waals surface area contributed by atoms with Gasteiger partial charge in [0, 0.05) is 19.1 Å². The Kier molecular flexibility index (Phi) is 3.39. The molecule has 1 saturated heterocycles. The Hall–Kier alpha value is -0.0400. The summed E-state index contributed by atoms with van der Waals surface area (Å²) in [7, 11) is 0. The van der Waals surface area contributed by atoms with Gasteiger partial charge in [0.25, 0.3) is 0 Å². The van der Waals surface area contributed by atoms with Crippen LogP contribution in [0, 0.1) is 23.7 Å². The van der Waals surface area contributed by atoms with Crippen molar-refractivity contribution in [3.8, 4) is 0 Å². The SMILES string of the molecule is CC(C)CC1CC2CN(C(C)C)CC2C1. The van der Waals surface area contributed by atoms with Crippen LogP contribution in [0.15, 0.2) is 0 Å². The molecular weight excluding hydrogens is 182 g/mol. The second-order valence-electron chi connectivity index (χ2n) is 6.53. The van der Waals surface area contributed by atoms with Gasteiger partial charge in [-0.1, -0.05) is 13.8 Å². The van der Waals surface area contributed by atoms with Gasteiger partial charge in [-0.15, -0.1) is 0 Å². The molecule has 1 saturated carbocycles. The maximum atomic E-state index is 2.68. The van der Waals surface area contributed by atoms with E-state index < -0.39 is 0 Å². The largest absolute Gasteiger partial charge is 0.300 e. The molecule has 2 atom stereocenters. The molecule has 0 amide bonds. The van der Waals surface area contributed by atoms with Crippen LogP contribution < -0.4 is 0 Å². The van der Waals surface area contributed by atoms with Gasteiger partial charge in [-0.2, -0.15) is 0 Å². The summed E-state index contributed by atoms with van der Waals surface area (Å²) in [6, 6.07) is 0.763. The van der Waals surface area contributed by atoms with Crippen LogP contribution in [0.2, 0.25) is 0 Å². The van der Waals surface area contributed by atoms with E-state index in [4.69, 9.17) is 0 Å². The molecule has 15 heavy (non-hydrogen) atoms. The van der Waals surface area contributed by atoms with Crippen molar-refractivity contribution in [2.45, 2.75) is 53.0 Å². The summed E-state index contributed by atoms with van der Waals surface area (Å²) in [6.45, 7) is 12.2. The molecule has 2 rings (SSSR count). The highest BCUT2D eigenvalue weighted by atomic mass is 15.2. The normalized spacial score (nSPS) is 36.8. The van der Waals surface area contributed by atoms with Crippen LogP contribution in [0.3, 0.4) is 0 Å². The molecule has 88 valence electrons. The van der Waals surface area contributed by atoms with Crippen LogP contribution in [-0.2, 0) is 0 Å². The Morgan fingerprint density at radius 2 is 1.53 bits per heavy atom. The molecule has 0 aromatic heterocycles. The molecule has 1 aliphatic carbocycles. The molecule has 0 aromatic carbocycles. The topological polar surface area (TPSA) is 3.24 Å². The van der Waals surface area contributed by atoms with Crippen LogP contribution >= 0.6 is 0 Å². The number of nitrogens with zero attached hydrogens (tertiary/aromatic N) is 1. The van der Waals surface area contributed by atoms with Gasteiger partial charge < -0.3 is 4.90 Å². The first-order chi connectivity index (χ1) is 7.06. The lowest BCUT2D eigenvalue weighted by molar-refractivity contribution is 0.241. The average Bonchev–Trinajstić information content (AvgIpc) is 2.58. The monoisotopic (exact) mass is 209 g/mol. The fourth-order valence-corrected chi connectivity index (χ4v) is 3.74. The second-order valence-corrected chi connectivity index (χ2v) is 6.53. The number of rotatable bonds is 3. The summed E-state index contributed by atoms with van der Waals surface area (Å²) < 4.78 is 0. The fourth-order valence-electron chi connectivity index (χ4n) is 3.74. The van der Waals surface area contributed by atoms with Crippen LogP contribution in [0.1, 0.15) is 47.0 Å². The molecule has 1 heterocycles. The van der Waals surface area contributed by atoms with Gasteiger partial charge in [0.15, 0.2) is 0 Å². The summed E-state index contributed by atoms with van der Waals surface area (Å²) in [6.07, 6.45) is 4.51. The summed E-state index contributed by atoms with van der Waals surface area (Å²) >= 11 is 0. The lowest BCUT2D eigenvalue weighted by Crippen LogP contribution is -2.29. The number of hydrogen-bond acceptors (Lipinski definition) is 1. The average molecular weight is 209 g/mol. The van der Waals surface area contributed by atoms with Gasteiger partial charge in [0.2, 0.25) is 0 Å². The predicted molar refractivity (Wildman–Crippen MR) is 65.9 cm³/mol. The quantitative estimate of drug-likeness (QED) is 0.688. The Morgan fingerprint density at radius 3 is 1.93 bits per heavy atom. The first-order valence-electron chi connectivity index (χ1n) is 6.80. The smallest absolute Gasteiger partial charge is 0.00388 e. The zero-order valence-corrected chi connectivity index (χ0v) is 10.9. The fraction of sp³-hybridized carbons (Fsp3) is 1.00. The molecule has 0 radical (unpaired) electrons. The maximum Gasteiger partial charge on any atom is 0.00388 e. The van der Waals surface area contributed by atoms with Crippen LogP contribution in [0.4, 0.5) is 0 Å². The third-order valence-electron chi connectivity index (χ3n) is 4.41. The maximum absolute atomic E-state index is 2.68.